The van der Waals surface area contributed by atoms with Gasteiger partial charge in [0.2, 0.25) is 0 Å². The summed E-state index contributed by atoms with van der Waals surface area (Å²) in [7, 11) is 0. The molecule has 70 valence electrons. The molecule has 4 heteroatoms. The standard InChI is InChI=1S/C9H10O4/c1-6(10)5-12-8-3-7(2)13-9(11)4-8/h3-4H,5H2,1-2H3. The van der Waals surface area contributed by atoms with Gasteiger partial charge in [0.25, 0.3) is 0 Å². The second kappa shape index (κ2) is 3.89. The van der Waals surface area contributed by atoms with Crippen molar-refractivity contribution in [2.45, 2.75) is 13.8 Å². The lowest BCUT2D eigenvalue weighted by molar-refractivity contribution is -0.118. The summed E-state index contributed by atoms with van der Waals surface area (Å²) < 4.78 is 9.72. The van der Waals surface area contributed by atoms with Crippen molar-refractivity contribution in [2.75, 3.05) is 6.61 Å². The van der Waals surface area contributed by atoms with Crippen LogP contribution in [0.25, 0.3) is 0 Å². The molecule has 0 atom stereocenters. The van der Waals surface area contributed by atoms with Crippen LogP contribution in [-0.4, -0.2) is 12.4 Å². The lowest BCUT2D eigenvalue weighted by Crippen LogP contribution is -2.08. The van der Waals surface area contributed by atoms with E-state index in [9.17, 15) is 9.59 Å². The Kier molecular flexibility index (Phi) is 2.84. The number of ketones is 1. The monoisotopic (exact) mass is 182 g/mol. The van der Waals surface area contributed by atoms with E-state index in [4.69, 9.17) is 9.15 Å². The maximum atomic E-state index is 10.8. The molecule has 0 aliphatic rings. The summed E-state index contributed by atoms with van der Waals surface area (Å²) in [6.07, 6.45) is 0. The van der Waals surface area contributed by atoms with Crippen molar-refractivity contribution in [2.24, 2.45) is 0 Å². The highest BCUT2D eigenvalue weighted by Crippen LogP contribution is 2.08. The van der Waals surface area contributed by atoms with Crippen LogP contribution < -0.4 is 10.4 Å². The molecule has 0 aliphatic heterocycles. The SMILES string of the molecule is CC(=O)COc1cc(C)oc(=O)c1. The molecule has 1 aromatic heterocycles. The highest BCUT2D eigenvalue weighted by Gasteiger charge is 2.00. The second-order valence-electron chi connectivity index (χ2n) is 2.71. The van der Waals surface area contributed by atoms with Gasteiger partial charge in [0.05, 0.1) is 6.07 Å². The molecule has 4 nitrogen and oxygen atoms in total. The molecule has 0 saturated heterocycles. The van der Waals surface area contributed by atoms with Crippen molar-refractivity contribution in [3.05, 3.63) is 28.3 Å². The summed E-state index contributed by atoms with van der Waals surface area (Å²) in [5, 5.41) is 0. The van der Waals surface area contributed by atoms with E-state index in [0.717, 1.165) is 0 Å². The molecular weight excluding hydrogens is 172 g/mol. The van der Waals surface area contributed by atoms with Crippen molar-refractivity contribution in [1.29, 1.82) is 0 Å². The van der Waals surface area contributed by atoms with Crippen LogP contribution in [0.2, 0.25) is 0 Å². The van der Waals surface area contributed by atoms with Crippen LogP contribution >= 0.6 is 0 Å². The molecule has 0 aromatic carbocycles. The molecule has 0 saturated carbocycles. The third-order valence-corrected chi connectivity index (χ3v) is 1.31. The van der Waals surface area contributed by atoms with Crippen LogP contribution in [0.15, 0.2) is 21.3 Å². The number of hydrogen-bond acceptors (Lipinski definition) is 4. The number of carbonyl (C=O) groups excluding carboxylic acids is 1. The Morgan fingerprint density at radius 2 is 2.23 bits per heavy atom. The van der Waals surface area contributed by atoms with Gasteiger partial charge in [-0.1, -0.05) is 0 Å². The Balaban J connectivity index is 2.77. The maximum absolute atomic E-state index is 10.8. The summed E-state index contributed by atoms with van der Waals surface area (Å²) in [5.74, 6) is 0.737. The Labute approximate surface area is 75.1 Å². The summed E-state index contributed by atoms with van der Waals surface area (Å²) in [6.45, 7) is 3.03. The Morgan fingerprint density at radius 3 is 2.77 bits per heavy atom. The fourth-order valence-electron chi connectivity index (χ4n) is 0.844. The van der Waals surface area contributed by atoms with Crippen molar-refractivity contribution < 1.29 is 13.9 Å². The largest absolute Gasteiger partial charge is 0.485 e. The van der Waals surface area contributed by atoms with Gasteiger partial charge < -0.3 is 9.15 Å². The van der Waals surface area contributed by atoms with E-state index in [1.807, 2.05) is 0 Å². The zero-order valence-corrected chi connectivity index (χ0v) is 7.49. The zero-order chi connectivity index (χ0) is 9.84. The van der Waals surface area contributed by atoms with Gasteiger partial charge in [-0.3, -0.25) is 4.79 Å². The van der Waals surface area contributed by atoms with Gasteiger partial charge in [0.15, 0.2) is 5.78 Å². The first-order chi connectivity index (χ1) is 6.08. The molecule has 1 aromatic rings. The summed E-state index contributed by atoms with van der Waals surface area (Å²) in [5.41, 5.74) is -0.474. The van der Waals surface area contributed by atoms with Gasteiger partial charge in [-0.2, -0.15) is 0 Å². The van der Waals surface area contributed by atoms with Crippen LogP contribution in [0.5, 0.6) is 5.75 Å². The normalized spacial score (nSPS) is 9.69. The molecular formula is C9H10O4. The summed E-state index contributed by atoms with van der Waals surface area (Å²) >= 11 is 0. The quantitative estimate of drug-likeness (QED) is 0.697. The Morgan fingerprint density at radius 1 is 1.54 bits per heavy atom. The molecule has 0 spiro atoms. The van der Waals surface area contributed by atoms with Crippen LogP contribution in [0.3, 0.4) is 0 Å². The molecule has 0 N–H and O–H groups in total. The first kappa shape index (κ1) is 9.51. The number of Topliss-reactive ketones (excluding diaryl/α,β-unsaturated/α-hetero) is 1. The molecule has 1 heterocycles. The summed E-state index contributed by atoms with van der Waals surface area (Å²) in [4.78, 5) is 21.4. The van der Waals surface area contributed by atoms with Gasteiger partial charge in [-0.25, -0.2) is 4.79 Å². The summed E-state index contributed by atoms with van der Waals surface area (Å²) in [6, 6.07) is 2.76. The molecule has 0 aliphatic carbocycles. The van der Waals surface area contributed by atoms with E-state index in [0.29, 0.717) is 11.5 Å². The molecule has 0 unspecified atom stereocenters. The number of hydrogen-bond donors (Lipinski definition) is 0. The minimum Gasteiger partial charge on any atom is -0.485 e. The molecule has 0 fully saturated rings. The third-order valence-electron chi connectivity index (χ3n) is 1.31. The molecule has 0 bridgehead atoms. The van der Waals surface area contributed by atoms with E-state index >= 15 is 0 Å². The second-order valence-corrected chi connectivity index (χ2v) is 2.71. The minimum atomic E-state index is -0.474. The van der Waals surface area contributed by atoms with Crippen LogP contribution in [-0.2, 0) is 4.79 Å². The molecule has 1 rings (SSSR count). The van der Waals surface area contributed by atoms with Crippen LogP contribution in [0.4, 0.5) is 0 Å². The van der Waals surface area contributed by atoms with E-state index in [-0.39, 0.29) is 12.4 Å². The molecule has 0 radical (unpaired) electrons. The highest BCUT2D eigenvalue weighted by atomic mass is 16.5. The zero-order valence-electron chi connectivity index (χ0n) is 7.49. The van der Waals surface area contributed by atoms with Crippen molar-refractivity contribution in [3.8, 4) is 5.75 Å². The number of ether oxygens (including phenoxy) is 1. The average Bonchev–Trinajstić information content (AvgIpc) is 1.99. The van der Waals surface area contributed by atoms with E-state index in [1.54, 1.807) is 13.0 Å². The third kappa shape index (κ3) is 3.11. The van der Waals surface area contributed by atoms with E-state index < -0.39 is 5.63 Å². The predicted octanol–water partition coefficient (Wildman–Crippen LogP) is 0.916. The van der Waals surface area contributed by atoms with Crippen molar-refractivity contribution in [3.63, 3.8) is 0 Å². The average molecular weight is 182 g/mol. The first-order valence-electron chi connectivity index (χ1n) is 3.82. The minimum absolute atomic E-state index is 0.0249. The Hall–Kier alpha value is -1.58. The van der Waals surface area contributed by atoms with Crippen molar-refractivity contribution in [1.82, 2.24) is 0 Å². The first-order valence-corrected chi connectivity index (χ1v) is 3.82. The number of aryl methyl sites for hydroxylation is 1. The van der Waals surface area contributed by atoms with Gasteiger partial charge in [0.1, 0.15) is 18.1 Å². The highest BCUT2D eigenvalue weighted by molar-refractivity contribution is 5.77. The smallest absolute Gasteiger partial charge is 0.339 e. The maximum Gasteiger partial charge on any atom is 0.339 e. The van der Waals surface area contributed by atoms with E-state index in [1.165, 1.54) is 13.0 Å². The van der Waals surface area contributed by atoms with Crippen LogP contribution in [0, 0.1) is 6.92 Å². The molecule has 0 amide bonds. The number of rotatable bonds is 3. The lowest BCUT2D eigenvalue weighted by atomic mass is 10.4. The van der Waals surface area contributed by atoms with Gasteiger partial charge in [-0.05, 0) is 13.8 Å². The predicted molar refractivity (Wildman–Crippen MR) is 45.9 cm³/mol. The Bertz CT molecular complexity index is 364. The van der Waals surface area contributed by atoms with Crippen molar-refractivity contribution >= 4 is 5.78 Å². The molecule has 13 heavy (non-hydrogen) atoms. The number of carbonyl (C=O) groups is 1. The lowest BCUT2D eigenvalue weighted by Gasteiger charge is -2.02. The van der Waals surface area contributed by atoms with Gasteiger partial charge in [0, 0.05) is 6.07 Å². The van der Waals surface area contributed by atoms with Crippen LogP contribution in [0.1, 0.15) is 12.7 Å². The fraction of sp³-hybridized carbons (Fsp3) is 0.333. The van der Waals surface area contributed by atoms with E-state index in [2.05, 4.69) is 0 Å². The fourth-order valence-corrected chi connectivity index (χ4v) is 0.844. The van der Waals surface area contributed by atoms with Gasteiger partial charge >= 0.3 is 5.63 Å². The topological polar surface area (TPSA) is 56.5 Å². The van der Waals surface area contributed by atoms with Gasteiger partial charge in [-0.15, -0.1) is 0 Å².